The number of nitrogen functional groups attached to an aromatic ring is 1. The van der Waals surface area contributed by atoms with Crippen LogP contribution in [0.15, 0.2) is 12.1 Å². The van der Waals surface area contributed by atoms with Crippen LogP contribution in [0.5, 0.6) is 0 Å². The van der Waals surface area contributed by atoms with Crippen LogP contribution in [0, 0.1) is 22.0 Å². The maximum Gasteiger partial charge on any atom is 0.311 e. The van der Waals surface area contributed by atoms with Crippen LogP contribution in [0.1, 0.15) is 27.7 Å². The maximum absolute atomic E-state index is 11.1. The van der Waals surface area contributed by atoms with Gasteiger partial charge in [0, 0.05) is 19.2 Å². The molecule has 0 radical (unpaired) electrons. The van der Waals surface area contributed by atoms with Crippen LogP contribution in [0.2, 0.25) is 0 Å². The molecule has 0 unspecified atom stereocenters. The first-order valence-corrected chi connectivity index (χ1v) is 6.47. The van der Waals surface area contributed by atoms with Crippen LogP contribution in [-0.4, -0.2) is 23.0 Å². The first-order valence-electron chi connectivity index (χ1n) is 6.47. The Morgan fingerprint density at radius 3 is 2.21 bits per heavy atom. The Kier molecular flexibility index (Phi) is 5.09. The normalized spacial score (nSPS) is 11.1. The van der Waals surface area contributed by atoms with Crippen LogP contribution in [0.4, 0.5) is 17.3 Å². The Hall–Kier alpha value is -1.85. The van der Waals surface area contributed by atoms with E-state index in [1.807, 2.05) is 4.90 Å². The fraction of sp³-hybridized carbons (Fsp3) is 0.615. The number of rotatable bonds is 6. The molecule has 0 aromatic carbocycles. The molecule has 6 heteroatoms. The Morgan fingerprint density at radius 1 is 1.26 bits per heavy atom. The van der Waals surface area contributed by atoms with Gasteiger partial charge >= 0.3 is 5.69 Å². The third-order valence-corrected chi connectivity index (χ3v) is 2.54. The van der Waals surface area contributed by atoms with Crippen LogP contribution >= 0.6 is 0 Å². The molecule has 19 heavy (non-hydrogen) atoms. The third kappa shape index (κ3) is 4.39. The molecule has 1 aromatic rings. The Morgan fingerprint density at radius 2 is 1.79 bits per heavy atom. The van der Waals surface area contributed by atoms with Crippen molar-refractivity contribution in [1.82, 2.24) is 4.98 Å². The van der Waals surface area contributed by atoms with E-state index in [2.05, 4.69) is 32.7 Å². The number of nitrogens with two attached hydrogens (primary N) is 1. The van der Waals surface area contributed by atoms with E-state index in [9.17, 15) is 10.1 Å². The van der Waals surface area contributed by atoms with Crippen molar-refractivity contribution < 1.29 is 4.92 Å². The molecule has 1 aromatic heterocycles. The number of aromatic nitrogens is 1. The van der Waals surface area contributed by atoms with Gasteiger partial charge in [0.2, 0.25) is 5.82 Å². The van der Waals surface area contributed by atoms with Crippen molar-refractivity contribution in [3.05, 3.63) is 22.2 Å². The Balaban J connectivity index is 3.18. The molecule has 1 rings (SSSR count). The summed E-state index contributed by atoms with van der Waals surface area (Å²) in [6, 6.07) is 2.88. The summed E-state index contributed by atoms with van der Waals surface area (Å²) in [5, 5.41) is 11.1. The largest absolute Gasteiger partial charge is 0.384 e. The van der Waals surface area contributed by atoms with Gasteiger partial charge in [-0.2, -0.15) is 0 Å². The predicted molar refractivity (Wildman–Crippen MR) is 77.2 cm³/mol. The number of pyridine rings is 1. The van der Waals surface area contributed by atoms with Gasteiger partial charge in [-0.25, -0.2) is 4.98 Å². The summed E-state index contributed by atoms with van der Waals surface area (Å²) in [4.78, 5) is 16.8. The van der Waals surface area contributed by atoms with Gasteiger partial charge in [0.25, 0.3) is 0 Å². The van der Waals surface area contributed by atoms with Crippen molar-refractivity contribution in [3.8, 4) is 0 Å². The monoisotopic (exact) mass is 266 g/mol. The lowest BCUT2D eigenvalue weighted by molar-refractivity contribution is -0.384. The predicted octanol–water partition coefficient (Wildman–Crippen LogP) is 2.69. The summed E-state index contributed by atoms with van der Waals surface area (Å²) < 4.78 is 0. The van der Waals surface area contributed by atoms with Gasteiger partial charge in [-0.05, 0) is 17.9 Å². The van der Waals surface area contributed by atoms with E-state index in [0.717, 1.165) is 13.1 Å². The molecule has 0 spiro atoms. The highest BCUT2D eigenvalue weighted by molar-refractivity contribution is 5.61. The number of hydrogen-bond acceptors (Lipinski definition) is 5. The number of nitro groups is 1. The van der Waals surface area contributed by atoms with Gasteiger partial charge < -0.3 is 10.6 Å². The lowest BCUT2D eigenvalue weighted by Gasteiger charge is -2.27. The standard InChI is InChI=1S/C13H22N4O2/c1-9(2)7-16(8-10(3)4)13-11(17(18)19)5-6-12(14)15-13/h5-6,9-10H,7-8H2,1-4H3,(H2,14,15). The molecule has 0 fully saturated rings. The first-order chi connectivity index (χ1) is 8.81. The first kappa shape index (κ1) is 15.2. The summed E-state index contributed by atoms with van der Waals surface area (Å²) in [5.74, 6) is 1.45. The lowest BCUT2D eigenvalue weighted by Crippen LogP contribution is -2.32. The minimum atomic E-state index is -0.407. The van der Waals surface area contributed by atoms with Crippen LogP contribution in [-0.2, 0) is 0 Å². The second-order valence-corrected chi connectivity index (χ2v) is 5.53. The van der Waals surface area contributed by atoms with Crippen molar-refractivity contribution in [2.45, 2.75) is 27.7 Å². The summed E-state index contributed by atoms with van der Waals surface area (Å²) >= 11 is 0. The van der Waals surface area contributed by atoms with Crippen molar-refractivity contribution in [1.29, 1.82) is 0 Å². The zero-order valence-electron chi connectivity index (χ0n) is 12.0. The highest BCUT2D eigenvalue weighted by atomic mass is 16.6. The average Bonchev–Trinajstić information content (AvgIpc) is 2.26. The SMILES string of the molecule is CC(C)CN(CC(C)C)c1nc(N)ccc1[N+](=O)[O-]. The fourth-order valence-electron chi connectivity index (χ4n) is 1.96. The third-order valence-electron chi connectivity index (χ3n) is 2.54. The van der Waals surface area contributed by atoms with Gasteiger partial charge in [0.05, 0.1) is 4.92 Å². The van der Waals surface area contributed by atoms with E-state index in [1.54, 1.807) is 0 Å². The minimum absolute atomic E-state index is 0.00972. The van der Waals surface area contributed by atoms with E-state index in [4.69, 9.17) is 5.73 Å². The number of hydrogen-bond donors (Lipinski definition) is 1. The smallest absolute Gasteiger partial charge is 0.311 e. The molecule has 106 valence electrons. The molecule has 0 bridgehead atoms. The fourth-order valence-corrected chi connectivity index (χ4v) is 1.96. The van der Waals surface area contributed by atoms with E-state index in [-0.39, 0.29) is 5.69 Å². The van der Waals surface area contributed by atoms with E-state index in [1.165, 1.54) is 12.1 Å². The Bertz CT molecular complexity index is 436. The molecule has 0 saturated heterocycles. The molecule has 6 nitrogen and oxygen atoms in total. The van der Waals surface area contributed by atoms with Gasteiger partial charge in [-0.3, -0.25) is 10.1 Å². The Labute approximate surface area is 113 Å². The second kappa shape index (κ2) is 6.36. The van der Waals surface area contributed by atoms with Gasteiger partial charge in [0.15, 0.2) is 0 Å². The highest BCUT2D eigenvalue weighted by Gasteiger charge is 2.22. The van der Waals surface area contributed by atoms with E-state index < -0.39 is 4.92 Å². The highest BCUT2D eigenvalue weighted by Crippen LogP contribution is 2.28. The van der Waals surface area contributed by atoms with Crippen molar-refractivity contribution >= 4 is 17.3 Å². The topological polar surface area (TPSA) is 85.3 Å². The molecule has 1 heterocycles. The molecule has 2 N–H and O–H groups in total. The molecule has 0 aliphatic heterocycles. The van der Waals surface area contributed by atoms with E-state index in [0.29, 0.717) is 23.5 Å². The lowest BCUT2D eigenvalue weighted by atomic mass is 10.1. The molecular weight excluding hydrogens is 244 g/mol. The summed E-state index contributed by atoms with van der Waals surface area (Å²) in [6.07, 6.45) is 0. The van der Waals surface area contributed by atoms with Crippen LogP contribution in [0.3, 0.4) is 0 Å². The summed E-state index contributed by atoms with van der Waals surface area (Å²) in [7, 11) is 0. The number of anilines is 2. The molecule has 0 aliphatic carbocycles. The zero-order valence-corrected chi connectivity index (χ0v) is 12.0. The maximum atomic E-state index is 11.1. The second-order valence-electron chi connectivity index (χ2n) is 5.53. The van der Waals surface area contributed by atoms with Gasteiger partial charge in [-0.15, -0.1) is 0 Å². The zero-order chi connectivity index (χ0) is 14.6. The quantitative estimate of drug-likeness (QED) is 0.632. The molecular formula is C13H22N4O2. The van der Waals surface area contributed by atoms with Gasteiger partial charge in [-0.1, -0.05) is 27.7 Å². The summed E-state index contributed by atoms with van der Waals surface area (Å²) in [5.41, 5.74) is 5.68. The summed E-state index contributed by atoms with van der Waals surface area (Å²) in [6.45, 7) is 9.73. The van der Waals surface area contributed by atoms with Crippen LogP contribution < -0.4 is 10.6 Å². The molecule has 0 atom stereocenters. The van der Waals surface area contributed by atoms with Gasteiger partial charge in [0.1, 0.15) is 5.82 Å². The van der Waals surface area contributed by atoms with E-state index >= 15 is 0 Å². The van der Waals surface area contributed by atoms with Crippen molar-refractivity contribution in [2.75, 3.05) is 23.7 Å². The van der Waals surface area contributed by atoms with Crippen LogP contribution in [0.25, 0.3) is 0 Å². The number of nitrogens with zero attached hydrogens (tertiary/aromatic N) is 3. The van der Waals surface area contributed by atoms with Crippen molar-refractivity contribution in [3.63, 3.8) is 0 Å². The molecule has 0 aliphatic rings. The average molecular weight is 266 g/mol. The minimum Gasteiger partial charge on any atom is -0.384 e. The molecule has 0 saturated carbocycles. The molecule has 0 amide bonds. The van der Waals surface area contributed by atoms with Crippen molar-refractivity contribution in [2.24, 2.45) is 11.8 Å².